The number of aliphatic hydroxyl groups excluding tert-OH is 1. The fraction of sp³-hybridized carbons (Fsp3) is 0.359. The van der Waals surface area contributed by atoms with Gasteiger partial charge in [-0.05, 0) is 60.8 Å². The fourth-order valence-corrected chi connectivity index (χ4v) is 6.05. The molecule has 2 N–H and O–H groups in total. The van der Waals surface area contributed by atoms with Gasteiger partial charge in [0.25, 0.3) is 0 Å². The second-order valence-electron chi connectivity index (χ2n) is 12.0. The van der Waals surface area contributed by atoms with E-state index in [2.05, 4.69) is 18.5 Å². The summed E-state index contributed by atoms with van der Waals surface area (Å²) >= 11 is 0. The number of hydrogen-bond acceptors (Lipinski definition) is 5. The molecule has 0 fully saturated rings. The van der Waals surface area contributed by atoms with Crippen molar-refractivity contribution < 1.29 is 24.2 Å². The van der Waals surface area contributed by atoms with E-state index in [1.54, 1.807) is 17.1 Å². The van der Waals surface area contributed by atoms with E-state index in [-0.39, 0.29) is 49.4 Å². The highest BCUT2D eigenvalue weighted by Gasteiger charge is 2.32. The lowest BCUT2D eigenvalue weighted by molar-refractivity contribution is -0.150. The number of rotatable bonds is 17. The Bertz CT molecular complexity index is 1440. The number of carbonyl (C=O) groups excluding carboxylic acids is 3. The normalized spacial score (nSPS) is 15.9. The van der Waals surface area contributed by atoms with Crippen LogP contribution < -0.4 is 5.32 Å². The third kappa shape index (κ3) is 10.0. The molecule has 1 aliphatic rings. The van der Waals surface area contributed by atoms with Gasteiger partial charge in [-0.2, -0.15) is 0 Å². The zero-order valence-electron chi connectivity index (χ0n) is 26.6. The molecule has 0 spiro atoms. The Morgan fingerprint density at radius 3 is 2.13 bits per heavy atom. The van der Waals surface area contributed by atoms with Gasteiger partial charge in [0.1, 0.15) is 6.61 Å². The minimum Gasteiger partial charge on any atom is -0.463 e. The van der Waals surface area contributed by atoms with Crippen molar-refractivity contribution in [2.75, 3.05) is 13.2 Å². The van der Waals surface area contributed by atoms with Gasteiger partial charge in [0.05, 0.1) is 30.5 Å². The van der Waals surface area contributed by atoms with Crippen molar-refractivity contribution >= 4 is 17.8 Å². The maximum atomic E-state index is 13.7. The molecule has 0 saturated heterocycles. The first-order chi connectivity index (χ1) is 22.4. The Kier molecular flexibility index (Phi) is 13.3. The minimum absolute atomic E-state index is 0.00307. The zero-order chi connectivity index (χ0) is 32.7. The van der Waals surface area contributed by atoms with Crippen LogP contribution in [0.15, 0.2) is 110 Å². The SMILES string of the molecule is C=CCC[C@H](Cc1ccccc1)C(=O)OC[C@@H](Cc1ccccc1)NC(=O)[C@H](CC=C)CC(=O)N1Cc2ccccc2C[C@H]1CO. The highest BCUT2D eigenvalue weighted by Crippen LogP contribution is 2.25. The summed E-state index contributed by atoms with van der Waals surface area (Å²) in [5.74, 6) is -1.79. The molecular weight excluding hydrogens is 576 g/mol. The van der Waals surface area contributed by atoms with Gasteiger partial charge in [-0.25, -0.2) is 0 Å². The third-order valence-electron chi connectivity index (χ3n) is 8.61. The van der Waals surface area contributed by atoms with Crippen molar-refractivity contribution in [3.05, 3.63) is 132 Å². The molecule has 4 rings (SSSR count). The van der Waals surface area contributed by atoms with E-state index in [1.165, 1.54) is 0 Å². The first-order valence-electron chi connectivity index (χ1n) is 16.2. The Morgan fingerprint density at radius 1 is 0.870 bits per heavy atom. The predicted octanol–water partition coefficient (Wildman–Crippen LogP) is 5.61. The second-order valence-corrected chi connectivity index (χ2v) is 12.0. The molecule has 0 unspecified atom stereocenters. The number of nitrogens with one attached hydrogen (secondary N) is 1. The van der Waals surface area contributed by atoms with Gasteiger partial charge >= 0.3 is 5.97 Å². The van der Waals surface area contributed by atoms with E-state index < -0.39 is 12.0 Å². The van der Waals surface area contributed by atoms with Crippen LogP contribution in [0, 0.1) is 11.8 Å². The molecule has 242 valence electrons. The van der Waals surface area contributed by atoms with Crippen LogP contribution in [0.25, 0.3) is 0 Å². The van der Waals surface area contributed by atoms with Crippen LogP contribution in [0.3, 0.4) is 0 Å². The smallest absolute Gasteiger partial charge is 0.309 e. The molecule has 7 heteroatoms. The van der Waals surface area contributed by atoms with Gasteiger partial charge in [-0.3, -0.25) is 14.4 Å². The monoisotopic (exact) mass is 622 g/mol. The Hall–Kier alpha value is -4.49. The highest BCUT2D eigenvalue weighted by molar-refractivity contribution is 5.86. The molecule has 3 aromatic rings. The summed E-state index contributed by atoms with van der Waals surface area (Å²) in [4.78, 5) is 42.4. The van der Waals surface area contributed by atoms with E-state index in [1.807, 2.05) is 84.9 Å². The van der Waals surface area contributed by atoms with Crippen molar-refractivity contribution in [1.29, 1.82) is 0 Å². The lowest BCUT2D eigenvalue weighted by atomic mass is 9.92. The van der Waals surface area contributed by atoms with E-state index >= 15 is 0 Å². The molecule has 0 saturated carbocycles. The van der Waals surface area contributed by atoms with E-state index in [4.69, 9.17) is 4.74 Å². The second kappa shape index (κ2) is 17.9. The van der Waals surface area contributed by atoms with Crippen molar-refractivity contribution in [3.63, 3.8) is 0 Å². The van der Waals surface area contributed by atoms with Gasteiger partial charge in [0, 0.05) is 13.0 Å². The number of hydrogen-bond donors (Lipinski definition) is 2. The third-order valence-corrected chi connectivity index (χ3v) is 8.61. The number of allylic oxidation sites excluding steroid dienone is 2. The quantitative estimate of drug-likeness (QED) is 0.151. The summed E-state index contributed by atoms with van der Waals surface area (Å²) in [5.41, 5.74) is 4.22. The number of amides is 2. The number of nitrogens with zero attached hydrogens (tertiary/aromatic N) is 1. The average Bonchev–Trinajstić information content (AvgIpc) is 3.08. The first kappa shape index (κ1) is 34.4. The predicted molar refractivity (Wildman–Crippen MR) is 181 cm³/mol. The van der Waals surface area contributed by atoms with Crippen LogP contribution in [-0.4, -0.2) is 53.1 Å². The van der Waals surface area contributed by atoms with E-state index in [9.17, 15) is 19.5 Å². The minimum atomic E-state index is -0.658. The molecule has 0 aromatic heterocycles. The fourth-order valence-electron chi connectivity index (χ4n) is 6.05. The number of benzene rings is 3. The van der Waals surface area contributed by atoms with Crippen LogP contribution in [0.1, 0.15) is 47.9 Å². The van der Waals surface area contributed by atoms with E-state index in [0.29, 0.717) is 45.1 Å². The topological polar surface area (TPSA) is 95.9 Å². The number of esters is 1. The molecule has 1 heterocycles. The van der Waals surface area contributed by atoms with Crippen molar-refractivity contribution in [1.82, 2.24) is 10.2 Å². The summed E-state index contributed by atoms with van der Waals surface area (Å²) in [6.07, 6.45) is 6.63. The number of carbonyl (C=O) groups is 3. The molecule has 7 nitrogen and oxygen atoms in total. The lowest BCUT2D eigenvalue weighted by Gasteiger charge is -2.36. The number of aliphatic hydroxyl groups is 1. The molecule has 0 aliphatic carbocycles. The summed E-state index contributed by atoms with van der Waals surface area (Å²) in [7, 11) is 0. The lowest BCUT2D eigenvalue weighted by Crippen LogP contribution is -2.48. The largest absolute Gasteiger partial charge is 0.463 e. The van der Waals surface area contributed by atoms with Crippen LogP contribution in [0.5, 0.6) is 0 Å². The molecule has 4 atom stereocenters. The summed E-state index contributed by atoms with van der Waals surface area (Å²) in [6, 6.07) is 26.7. The molecule has 3 aromatic carbocycles. The van der Waals surface area contributed by atoms with Crippen molar-refractivity contribution in [3.8, 4) is 0 Å². The van der Waals surface area contributed by atoms with Crippen LogP contribution in [0.2, 0.25) is 0 Å². The highest BCUT2D eigenvalue weighted by atomic mass is 16.5. The molecule has 2 amide bonds. The molecule has 0 radical (unpaired) electrons. The average molecular weight is 623 g/mol. The zero-order valence-corrected chi connectivity index (χ0v) is 26.6. The molecule has 0 bridgehead atoms. The Balaban J connectivity index is 1.44. The number of ether oxygens (including phenoxy) is 1. The maximum Gasteiger partial charge on any atom is 0.309 e. The van der Waals surface area contributed by atoms with Gasteiger partial charge in [0.15, 0.2) is 0 Å². The number of fused-ring (bicyclic) bond motifs is 1. The Morgan fingerprint density at radius 2 is 1.50 bits per heavy atom. The van der Waals surface area contributed by atoms with Gasteiger partial charge in [0.2, 0.25) is 11.8 Å². The van der Waals surface area contributed by atoms with Crippen LogP contribution >= 0.6 is 0 Å². The summed E-state index contributed by atoms with van der Waals surface area (Å²) in [6.45, 7) is 7.88. The summed E-state index contributed by atoms with van der Waals surface area (Å²) < 4.78 is 5.88. The van der Waals surface area contributed by atoms with Crippen molar-refractivity contribution in [2.45, 2.75) is 63.6 Å². The van der Waals surface area contributed by atoms with Crippen LogP contribution in [-0.2, 0) is 44.9 Å². The molecular formula is C39H46N2O5. The van der Waals surface area contributed by atoms with Gasteiger partial charge in [-0.15, -0.1) is 13.2 Å². The van der Waals surface area contributed by atoms with Gasteiger partial charge in [-0.1, -0.05) is 97.1 Å². The van der Waals surface area contributed by atoms with Crippen molar-refractivity contribution in [2.24, 2.45) is 11.8 Å². The summed E-state index contributed by atoms with van der Waals surface area (Å²) in [5, 5.41) is 13.2. The molecule has 46 heavy (non-hydrogen) atoms. The maximum absolute atomic E-state index is 13.7. The first-order valence-corrected chi connectivity index (χ1v) is 16.2. The standard InChI is InChI=1S/C39H46N2O5/c1-3-5-19-33(22-29-15-8-6-9-16-29)39(45)46-28-35(23-30-17-10-7-11-18-30)40-38(44)32(14-4-2)25-37(43)41-26-34-21-13-12-20-31(34)24-36(41)27-42/h3-4,6-13,15-18,20-21,32-33,35-36,42H,1-2,5,14,19,22-28H2,(H,40,44)/t32-,33-,35-,36+/m1/s1. The van der Waals surface area contributed by atoms with Gasteiger partial charge < -0.3 is 20.1 Å². The van der Waals surface area contributed by atoms with E-state index in [0.717, 1.165) is 22.3 Å². The van der Waals surface area contributed by atoms with Crippen LogP contribution in [0.4, 0.5) is 0 Å². The molecule has 1 aliphatic heterocycles. The Labute approximate surface area is 273 Å².